The second-order valence-electron chi connectivity index (χ2n) is 7.98. The Kier molecular flexibility index (Phi) is 6.65. The van der Waals surface area contributed by atoms with Crippen molar-refractivity contribution in [2.75, 3.05) is 26.5 Å². The summed E-state index contributed by atoms with van der Waals surface area (Å²) >= 11 is 0. The Morgan fingerprint density at radius 1 is 1.25 bits per heavy atom. The largest absolute Gasteiger partial charge is 0.378 e. The van der Waals surface area contributed by atoms with Crippen molar-refractivity contribution < 1.29 is 13.2 Å². The fourth-order valence-corrected chi connectivity index (χ4v) is 5.31. The van der Waals surface area contributed by atoms with Crippen molar-refractivity contribution in [3.63, 3.8) is 0 Å². The van der Waals surface area contributed by atoms with Gasteiger partial charge in [-0.05, 0) is 50.3 Å². The zero-order chi connectivity index (χ0) is 20.2. The summed E-state index contributed by atoms with van der Waals surface area (Å²) in [5.41, 5.74) is 1.37. The molecule has 1 aromatic rings. The van der Waals surface area contributed by atoms with Gasteiger partial charge in [0, 0.05) is 37.9 Å². The number of nitrogens with one attached hydrogen (secondary N) is 2. The van der Waals surface area contributed by atoms with Crippen molar-refractivity contribution in [3.05, 3.63) is 29.8 Å². The Bertz CT molecular complexity index is 784. The second kappa shape index (κ2) is 8.82. The minimum absolute atomic E-state index is 0.273. The number of nitrogens with zero attached hydrogens (tertiary/aromatic N) is 1. The number of aliphatic imine (C=N–C) groups is 1. The summed E-state index contributed by atoms with van der Waals surface area (Å²) in [4.78, 5) is 4.75. The molecule has 2 saturated carbocycles. The zero-order valence-electron chi connectivity index (χ0n) is 17.2. The van der Waals surface area contributed by atoms with Crippen LogP contribution >= 0.6 is 0 Å². The van der Waals surface area contributed by atoms with Gasteiger partial charge in [0.15, 0.2) is 15.8 Å². The standard InChI is InChI=1S/C21H33N3O3S/c1-4-27-19-15-18(21(19)12-5-6-13-21)24-20(22-2)23-14-11-16-7-9-17(10-8-16)28(3,25)26/h7-10,18-19H,4-6,11-15H2,1-3H3,(H2,22,23,24). The molecule has 156 valence electrons. The van der Waals surface area contributed by atoms with Crippen molar-refractivity contribution in [2.45, 2.75) is 62.5 Å². The highest BCUT2D eigenvalue weighted by Crippen LogP contribution is 2.54. The lowest BCUT2D eigenvalue weighted by Crippen LogP contribution is -2.65. The average Bonchev–Trinajstić information content (AvgIpc) is 3.18. The number of guanidine groups is 1. The minimum atomic E-state index is -3.14. The highest BCUT2D eigenvalue weighted by Gasteiger charge is 2.56. The summed E-state index contributed by atoms with van der Waals surface area (Å²) in [6, 6.07) is 7.51. The van der Waals surface area contributed by atoms with Gasteiger partial charge < -0.3 is 15.4 Å². The maximum absolute atomic E-state index is 11.5. The van der Waals surface area contributed by atoms with Crippen LogP contribution in [0, 0.1) is 5.41 Å². The molecule has 0 amide bonds. The van der Waals surface area contributed by atoms with E-state index in [9.17, 15) is 8.42 Å². The number of rotatable bonds is 7. The van der Waals surface area contributed by atoms with Crippen LogP contribution in [0.3, 0.4) is 0 Å². The molecule has 2 unspecified atom stereocenters. The first-order chi connectivity index (χ1) is 13.4. The Labute approximate surface area is 169 Å². The predicted molar refractivity (Wildman–Crippen MR) is 112 cm³/mol. The molecular formula is C21H33N3O3S. The van der Waals surface area contributed by atoms with Crippen LogP contribution in [-0.2, 0) is 21.0 Å². The average molecular weight is 408 g/mol. The summed E-state index contributed by atoms with van der Waals surface area (Å²) in [5.74, 6) is 0.832. The summed E-state index contributed by atoms with van der Waals surface area (Å²) in [7, 11) is -1.34. The van der Waals surface area contributed by atoms with Gasteiger partial charge in [-0.1, -0.05) is 25.0 Å². The van der Waals surface area contributed by atoms with E-state index in [0.29, 0.717) is 17.0 Å². The monoisotopic (exact) mass is 407 g/mol. The molecule has 3 rings (SSSR count). The van der Waals surface area contributed by atoms with Crippen molar-refractivity contribution in [1.82, 2.24) is 10.6 Å². The van der Waals surface area contributed by atoms with E-state index >= 15 is 0 Å². The first kappa shape index (κ1) is 21.1. The van der Waals surface area contributed by atoms with Crippen molar-refractivity contribution in [3.8, 4) is 0 Å². The van der Waals surface area contributed by atoms with Gasteiger partial charge >= 0.3 is 0 Å². The summed E-state index contributed by atoms with van der Waals surface area (Å²) in [6.45, 7) is 3.60. The Morgan fingerprint density at radius 2 is 1.93 bits per heavy atom. The van der Waals surface area contributed by atoms with Crippen LogP contribution in [0.1, 0.15) is 44.6 Å². The van der Waals surface area contributed by atoms with Crippen LogP contribution in [0.5, 0.6) is 0 Å². The highest BCUT2D eigenvalue weighted by atomic mass is 32.2. The van der Waals surface area contributed by atoms with E-state index < -0.39 is 9.84 Å². The molecule has 0 aromatic heterocycles. The van der Waals surface area contributed by atoms with Crippen LogP contribution in [0.15, 0.2) is 34.2 Å². The molecule has 2 atom stereocenters. The molecule has 2 aliphatic rings. The SMILES string of the molecule is CCOC1CC(NC(=NC)NCCc2ccc(S(C)(=O)=O)cc2)C12CCCC2. The molecule has 0 radical (unpaired) electrons. The minimum Gasteiger partial charge on any atom is -0.378 e. The molecule has 0 saturated heterocycles. The molecular weight excluding hydrogens is 374 g/mol. The molecule has 28 heavy (non-hydrogen) atoms. The summed E-state index contributed by atoms with van der Waals surface area (Å²) in [5, 5.41) is 7.01. The molecule has 7 heteroatoms. The molecule has 0 heterocycles. The van der Waals surface area contributed by atoms with E-state index in [1.165, 1.54) is 31.9 Å². The summed E-state index contributed by atoms with van der Waals surface area (Å²) < 4.78 is 29.1. The lowest BCUT2D eigenvalue weighted by atomic mass is 9.60. The number of hydrogen-bond donors (Lipinski definition) is 2. The van der Waals surface area contributed by atoms with E-state index in [4.69, 9.17) is 4.74 Å². The smallest absolute Gasteiger partial charge is 0.191 e. The predicted octanol–water partition coefficient (Wildman–Crippen LogP) is 2.54. The fraction of sp³-hybridized carbons (Fsp3) is 0.667. The van der Waals surface area contributed by atoms with Crippen LogP contribution in [0.4, 0.5) is 0 Å². The third kappa shape index (κ3) is 4.51. The molecule has 2 aliphatic carbocycles. The summed E-state index contributed by atoms with van der Waals surface area (Å²) in [6.07, 6.45) is 8.51. The van der Waals surface area contributed by atoms with Crippen LogP contribution < -0.4 is 10.6 Å². The molecule has 1 spiro atoms. The number of hydrogen-bond acceptors (Lipinski definition) is 4. The zero-order valence-corrected chi connectivity index (χ0v) is 18.0. The molecule has 1 aromatic carbocycles. The van der Waals surface area contributed by atoms with Gasteiger partial charge in [-0.3, -0.25) is 4.99 Å². The number of sulfone groups is 1. The van der Waals surface area contributed by atoms with Gasteiger partial charge in [0.25, 0.3) is 0 Å². The van der Waals surface area contributed by atoms with E-state index in [2.05, 4.69) is 22.5 Å². The lowest BCUT2D eigenvalue weighted by molar-refractivity contribution is -0.125. The number of ether oxygens (including phenoxy) is 1. The van der Waals surface area contributed by atoms with E-state index in [-0.39, 0.29) is 5.41 Å². The Balaban J connectivity index is 1.50. The van der Waals surface area contributed by atoms with Gasteiger partial charge in [0.1, 0.15) is 0 Å². The third-order valence-corrected chi connectivity index (χ3v) is 7.41. The number of benzene rings is 1. The van der Waals surface area contributed by atoms with Crippen LogP contribution in [0.2, 0.25) is 0 Å². The van der Waals surface area contributed by atoms with Crippen molar-refractivity contribution in [1.29, 1.82) is 0 Å². The van der Waals surface area contributed by atoms with E-state index in [1.54, 1.807) is 19.2 Å². The lowest BCUT2D eigenvalue weighted by Gasteiger charge is -2.54. The van der Waals surface area contributed by atoms with E-state index in [1.807, 2.05) is 12.1 Å². The second-order valence-corrected chi connectivity index (χ2v) is 10.00. The first-order valence-corrected chi connectivity index (χ1v) is 12.2. The van der Waals surface area contributed by atoms with Crippen molar-refractivity contribution >= 4 is 15.8 Å². The van der Waals surface area contributed by atoms with E-state index in [0.717, 1.165) is 37.5 Å². The third-order valence-electron chi connectivity index (χ3n) is 6.28. The molecule has 6 nitrogen and oxygen atoms in total. The van der Waals surface area contributed by atoms with Crippen LogP contribution in [-0.4, -0.2) is 53.0 Å². The quantitative estimate of drug-likeness (QED) is 0.536. The van der Waals surface area contributed by atoms with Crippen LogP contribution in [0.25, 0.3) is 0 Å². The fourth-order valence-electron chi connectivity index (χ4n) is 4.68. The topological polar surface area (TPSA) is 79.8 Å². The molecule has 2 fully saturated rings. The maximum atomic E-state index is 11.5. The van der Waals surface area contributed by atoms with Crippen molar-refractivity contribution in [2.24, 2.45) is 10.4 Å². The van der Waals surface area contributed by atoms with Gasteiger partial charge in [-0.2, -0.15) is 0 Å². The highest BCUT2D eigenvalue weighted by molar-refractivity contribution is 7.90. The molecule has 2 N–H and O–H groups in total. The Hall–Kier alpha value is -1.60. The molecule has 0 bridgehead atoms. The van der Waals surface area contributed by atoms with Gasteiger partial charge in [-0.15, -0.1) is 0 Å². The van der Waals surface area contributed by atoms with Gasteiger partial charge in [0.2, 0.25) is 0 Å². The normalized spacial score (nSPS) is 24.2. The Morgan fingerprint density at radius 3 is 2.50 bits per heavy atom. The van der Waals surface area contributed by atoms with Gasteiger partial charge in [-0.25, -0.2) is 8.42 Å². The maximum Gasteiger partial charge on any atom is 0.191 e. The molecule has 0 aliphatic heterocycles. The van der Waals surface area contributed by atoms with Gasteiger partial charge in [0.05, 0.1) is 11.0 Å². The first-order valence-electron chi connectivity index (χ1n) is 10.3.